The second-order valence-electron chi connectivity index (χ2n) is 8.27. The van der Waals surface area contributed by atoms with Crippen molar-refractivity contribution >= 4 is 0 Å². The third-order valence-electron chi connectivity index (χ3n) is 6.68. The van der Waals surface area contributed by atoms with Crippen molar-refractivity contribution in [3.8, 4) is 11.8 Å². The van der Waals surface area contributed by atoms with Gasteiger partial charge in [-0.3, -0.25) is 0 Å². The molecule has 0 aliphatic carbocycles. The summed E-state index contributed by atoms with van der Waals surface area (Å²) >= 11 is 0. The lowest BCUT2D eigenvalue weighted by Gasteiger charge is -2.48. The second kappa shape index (κ2) is 11.4. The summed E-state index contributed by atoms with van der Waals surface area (Å²) in [7, 11) is 0. The zero-order valence-electron chi connectivity index (χ0n) is 18.9. The zero-order valence-corrected chi connectivity index (χ0v) is 18.9. The van der Waals surface area contributed by atoms with Crippen LogP contribution in [0, 0.1) is 35.5 Å². The first kappa shape index (κ1) is 24.4. The quantitative estimate of drug-likeness (QED) is 0.720. The molecule has 10 atom stereocenters. The van der Waals surface area contributed by atoms with Crippen LogP contribution in [0.25, 0.3) is 0 Å². The number of hydrogen-bond acceptors (Lipinski definition) is 4. The molecule has 2 aliphatic heterocycles. The van der Waals surface area contributed by atoms with Crippen molar-refractivity contribution in [2.75, 3.05) is 0 Å². The Balaban J connectivity index is 0.000000828. The molecular formula is C23H42O4. The van der Waals surface area contributed by atoms with Crippen LogP contribution >= 0.6 is 0 Å². The molecule has 2 aliphatic rings. The first-order valence-corrected chi connectivity index (χ1v) is 10.7. The van der Waals surface area contributed by atoms with Crippen molar-refractivity contribution in [2.45, 2.75) is 112 Å². The highest BCUT2D eigenvalue weighted by molar-refractivity contribution is 4.90. The number of aliphatic hydroxyl groups excluding tert-OH is 1. The van der Waals surface area contributed by atoms with Crippen LogP contribution in [0.4, 0.5) is 0 Å². The Morgan fingerprint density at radius 1 is 0.778 bits per heavy atom. The molecule has 2 heterocycles. The van der Waals surface area contributed by atoms with E-state index in [-0.39, 0.29) is 42.5 Å². The van der Waals surface area contributed by atoms with Crippen LogP contribution in [0.2, 0.25) is 0 Å². The van der Waals surface area contributed by atoms with Gasteiger partial charge < -0.3 is 19.3 Å². The fourth-order valence-corrected chi connectivity index (χ4v) is 4.01. The minimum absolute atomic E-state index is 0.0543. The van der Waals surface area contributed by atoms with Gasteiger partial charge in [-0.2, -0.15) is 0 Å². The summed E-state index contributed by atoms with van der Waals surface area (Å²) in [6.07, 6.45) is 1.39. The fraction of sp³-hybridized carbons (Fsp3) is 0.913. The molecular weight excluding hydrogens is 340 g/mol. The van der Waals surface area contributed by atoms with E-state index in [0.717, 1.165) is 12.8 Å². The van der Waals surface area contributed by atoms with E-state index in [4.69, 9.17) is 14.2 Å². The first-order valence-electron chi connectivity index (χ1n) is 10.7. The molecule has 4 unspecified atom stereocenters. The van der Waals surface area contributed by atoms with Crippen LogP contribution in [0.3, 0.4) is 0 Å². The number of rotatable bonds is 4. The molecule has 27 heavy (non-hydrogen) atoms. The maximum Gasteiger partial charge on any atom is 0.161 e. The molecule has 2 saturated heterocycles. The first-order chi connectivity index (χ1) is 12.7. The smallest absolute Gasteiger partial charge is 0.161 e. The van der Waals surface area contributed by atoms with Gasteiger partial charge in [0.1, 0.15) is 0 Å². The largest absolute Gasteiger partial charge is 0.390 e. The van der Waals surface area contributed by atoms with Gasteiger partial charge in [-0.1, -0.05) is 41.5 Å². The molecule has 0 saturated carbocycles. The summed E-state index contributed by atoms with van der Waals surface area (Å²) in [5.74, 6) is 6.61. The maximum absolute atomic E-state index is 10.4. The van der Waals surface area contributed by atoms with Gasteiger partial charge in [0, 0.05) is 5.92 Å². The summed E-state index contributed by atoms with van der Waals surface area (Å²) in [5, 5.41) is 10.4. The summed E-state index contributed by atoms with van der Waals surface area (Å²) < 4.78 is 18.8. The van der Waals surface area contributed by atoms with E-state index in [1.165, 1.54) is 0 Å². The molecule has 0 amide bonds. The predicted octanol–water partition coefficient (Wildman–Crippen LogP) is 4.64. The molecule has 1 N–H and O–H groups in total. The second-order valence-corrected chi connectivity index (χ2v) is 8.27. The average Bonchev–Trinajstić information content (AvgIpc) is 2.68. The van der Waals surface area contributed by atoms with E-state index in [1.54, 1.807) is 0 Å². The van der Waals surface area contributed by atoms with Crippen LogP contribution in [0.15, 0.2) is 0 Å². The summed E-state index contributed by atoms with van der Waals surface area (Å²) in [6, 6.07) is 0. The molecule has 4 nitrogen and oxygen atoms in total. The average molecular weight is 383 g/mol. The van der Waals surface area contributed by atoms with Crippen molar-refractivity contribution in [3.63, 3.8) is 0 Å². The normalized spacial score (nSPS) is 44.5. The molecule has 0 radical (unpaired) electrons. The molecule has 4 heteroatoms. The van der Waals surface area contributed by atoms with E-state index < -0.39 is 6.10 Å². The van der Waals surface area contributed by atoms with Crippen molar-refractivity contribution < 1.29 is 19.3 Å². The Morgan fingerprint density at radius 3 is 1.81 bits per heavy atom. The van der Waals surface area contributed by atoms with Gasteiger partial charge in [0.2, 0.25) is 0 Å². The van der Waals surface area contributed by atoms with Gasteiger partial charge in [-0.25, -0.2) is 0 Å². The SMILES string of the molecule is CC#CC.CCC1O[C@H](C)[C@H](C)C(C)[C@H]1O[C@@H]1OC(CC)[C@@H](O)[C@H](C)C1C. The lowest BCUT2D eigenvalue weighted by atomic mass is 9.80. The number of hydrogen-bond donors (Lipinski definition) is 1. The van der Waals surface area contributed by atoms with Crippen LogP contribution in [-0.2, 0) is 14.2 Å². The van der Waals surface area contributed by atoms with E-state index in [1.807, 2.05) is 13.8 Å². The minimum atomic E-state index is -0.407. The predicted molar refractivity (Wildman–Crippen MR) is 110 cm³/mol. The highest BCUT2D eigenvalue weighted by atomic mass is 16.7. The van der Waals surface area contributed by atoms with Crippen molar-refractivity contribution in [3.05, 3.63) is 0 Å². The number of ether oxygens (including phenoxy) is 3. The Labute approximate surface area is 167 Å². The third kappa shape index (κ3) is 5.94. The summed E-state index contributed by atoms with van der Waals surface area (Å²) in [4.78, 5) is 0. The van der Waals surface area contributed by atoms with Gasteiger partial charge >= 0.3 is 0 Å². The lowest BCUT2D eigenvalue weighted by Crippen LogP contribution is -2.55. The van der Waals surface area contributed by atoms with Crippen LogP contribution in [0.5, 0.6) is 0 Å². The van der Waals surface area contributed by atoms with Gasteiger partial charge in [0.05, 0.1) is 30.5 Å². The highest BCUT2D eigenvalue weighted by Gasteiger charge is 2.45. The van der Waals surface area contributed by atoms with Crippen molar-refractivity contribution in [2.24, 2.45) is 23.7 Å². The Hall–Kier alpha value is -0.600. The van der Waals surface area contributed by atoms with Gasteiger partial charge in [0.15, 0.2) is 6.29 Å². The molecule has 0 aromatic heterocycles. The third-order valence-corrected chi connectivity index (χ3v) is 6.68. The van der Waals surface area contributed by atoms with Crippen molar-refractivity contribution in [1.82, 2.24) is 0 Å². The van der Waals surface area contributed by atoms with E-state index >= 15 is 0 Å². The van der Waals surface area contributed by atoms with E-state index in [2.05, 4.69) is 60.3 Å². The molecule has 2 rings (SSSR count). The Bertz CT molecular complexity index is 473. The van der Waals surface area contributed by atoms with Gasteiger partial charge in [-0.15, -0.1) is 11.8 Å². The minimum Gasteiger partial charge on any atom is -0.390 e. The van der Waals surface area contributed by atoms with Crippen molar-refractivity contribution in [1.29, 1.82) is 0 Å². The molecule has 0 spiro atoms. The van der Waals surface area contributed by atoms with Gasteiger partial charge in [0.25, 0.3) is 0 Å². The molecule has 0 aromatic carbocycles. The standard InChI is InChI=1S/C19H36O4.C4H6/c1-8-15-17(20)11(4)13(6)19(22-15)23-18-12(5)10(3)14(7)21-16(18)9-2;1-3-4-2/h10-20H,8-9H2,1-7H3;1-2H3/t10-,11-,12?,13?,14-,15?,16?,17+,18-,19+;/m1./s1. The van der Waals surface area contributed by atoms with Crippen LogP contribution < -0.4 is 0 Å². The number of aliphatic hydroxyl groups is 1. The molecule has 0 bridgehead atoms. The Kier molecular flexibility index (Phi) is 10.3. The summed E-state index contributed by atoms with van der Waals surface area (Å²) in [5.41, 5.74) is 0. The molecule has 0 aromatic rings. The lowest BCUT2D eigenvalue weighted by molar-refractivity contribution is -0.307. The zero-order chi connectivity index (χ0) is 20.7. The topological polar surface area (TPSA) is 47.9 Å². The van der Waals surface area contributed by atoms with Gasteiger partial charge in [-0.05, 0) is 51.4 Å². The monoisotopic (exact) mass is 382 g/mol. The maximum atomic E-state index is 10.4. The fourth-order valence-electron chi connectivity index (χ4n) is 4.01. The van der Waals surface area contributed by atoms with E-state index in [0.29, 0.717) is 11.8 Å². The highest BCUT2D eigenvalue weighted by Crippen LogP contribution is 2.38. The van der Waals surface area contributed by atoms with E-state index in [9.17, 15) is 5.11 Å². The molecule has 158 valence electrons. The Morgan fingerprint density at radius 2 is 1.33 bits per heavy atom. The van der Waals surface area contributed by atoms with Crippen LogP contribution in [-0.4, -0.2) is 41.9 Å². The van der Waals surface area contributed by atoms with Crippen LogP contribution in [0.1, 0.15) is 75.2 Å². The summed E-state index contributed by atoms with van der Waals surface area (Å²) in [6.45, 7) is 18.7. The molecule has 2 fully saturated rings.